The third kappa shape index (κ3) is 6.65. The van der Waals surface area contributed by atoms with Crippen molar-refractivity contribution in [3.8, 4) is 11.5 Å². The number of hydrogen-bond acceptors (Lipinski definition) is 4. The molecule has 160 valence electrons. The molecule has 0 atom stereocenters. The Balaban J connectivity index is 0.00000320. The van der Waals surface area contributed by atoms with Crippen molar-refractivity contribution in [2.75, 3.05) is 26.1 Å². The highest BCUT2D eigenvalue weighted by atomic mass is 127. The first kappa shape index (κ1) is 23.5. The summed E-state index contributed by atoms with van der Waals surface area (Å²) in [6.45, 7) is 3.94. The van der Waals surface area contributed by atoms with Crippen LogP contribution in [0.25, 0.3) is 0 Å². The molecular weight excluding hydrogens is 493 g/mol. The number of benzene rings is 2. The van der Waals surface area contributed by atoms with Gasteiger partial charge < -0.3 is 20.1 Å². The Labute approximate surface area is 194 Å². The average molecular weight is 521 g/mol. The molecule has 0 aliphatic heterocycles. The molecule has 0 unspecified atom stereocenters. The predicted molar refractivity (Wildman–Crippen MR) is 131 cm³/mol. The van der Waals surface area contributed by atoms with E-state index in [0.717, 1.165) is 18.0 Å². The van der Waals surface area contributed by atoms with E-state index < -0.39 is 0 Å². The lowest BCUT2D eigenvalue weighted by molar-refractivity contribution is 0.311. The number of guanidine groups is 1. The van der Waals surface area contributed by atoms with Crippen molar-refractivity contribution in [3.05, 3.63) is 72.1 Å². The van der Waals surface area contributed by atoms with E-state index in [-0.39, 0.29) is 24.0 Å². The highest BCUT2D eigenvalue weighted by molar-refractivity contribution is 14.0. The zero-order valence-electron chi connectivity index (χ0n) is 17.5. The molecule has 0 aliphatic carbocycles. The summed E-state index contributed by atoms with van der Waals surface area (Å²) < 4.78 is 12.9. The number of aromatic nitrogens is 2. The number of rotatable bonds is 8. The van der Waals surface area contributed by atoms with Gasteiger partial charge in [0.1, 0.15) is 0 Å². The minimum Gasteiger partial charge on any atom is -0.493 e. The fraction of sp³-hybridized carbons (Fsp3) is 0.273. The molecule has 3 rings (SSSR count). The van der Waals surface area contributed by atoms with Gasteiger partial charge in [-0.05, 0) is 36.2 Å². The average Bonchev–Trinajstić information content (AvgIpc) is 3.25. The Hall–Kier alpha value is -2.75. The molecule has 0 spiro atoms. The van der Waals surface area contributed by atoms with Crippen molar-refractivity contribution in [2.24, 2.45) is 4.99 Å². The quantitative estimate of drug-likeness (QED) is 0.265. The Bertz CT molecular complexity index is 944. The van der Waals surface area contributed by atoms with Gasteiger partial charge in [0.05, 0.1) is 20.3 Å². The first-order chi connectivity index (χ1) is 14.2. The van der Waals surface area contributed by atoms with E-state index in [2.05, 4.69) is 45.0 Å². The van der Waals surface area contributed by atoms with Crippen LogP contribution in [0.1, 0.15) is 18.1 Å². The van der Waals surface area contributed by atoms with Gasteiger partial charge in [-0.1, -0.05) is 24.3 Å². The van der Waals surface area contributed by atoms with E-state index in [4.69, 9.17) is 9.47 Å². The summed E-state index contributed by atoms with van der Waals surface area (Å²) in [5, 5.41) is 10.9. The van der Waals surface area contributed by atoms with Gasteiger partial charge in [0.25, 0.3) is 0 Å². The highest BCUT2D eigenvalue weighted by Gasteiger charge is 2.07. The standard InChI is InChI=1S/C22H27N5O2.HI/c1-4-29-20-10-9-19(14-21(20)28-3)26-22(23-2)24-15-17-7-5-8-18(13-17)16-27-12-6-11-25-27;/h5-14H,4,15-16H2,1-3H3,(H2,23,24,26);1H. The number of anilines is 1. The van der Waals surface area contributed by atoms with Gasteiger partial charge in [-0.25, -0.2) is 0 Å². The Morgan fingerprint density at radius 2 is 1.93 bits per heavy atom. The van der Waals surface area contributed by atoms with E-state index in [0.29, 0.717) is 24.9 Å². The molecule has 0 amide bonds. The molecule has 2 N–H and O–H groups in total. The second-order valence-electron chi connectivity index (χ2n) is 6.37. The summed E-state index contributed by atoms with van der Waals surface area (Å²) in [6.07, 6.45) is 3.75. The monoisotopic (exact) mass is 521 g/mol. The third-order valence-electron chi connectivity index (χ3n) is 4.30. The molecule has 3 aromatic rings. The minimum absolute atomic E-state index is 0. The lowest BCUT2D eigenvalue weighted by atomic mass is 10.1. The smallest absolute Gasteiger partial charge is 0.195 e. The highest BCUT2D eigenvalue weighted by Crippen LogP contribution is 2.30. The van der Waals surface area contributed by atoms with Gasteiger partial charge in [-0.3, -0.25) is 9.67 Å². The molecule has 0 saturated carbocycles. The van der Waals surface area contributed by atoms with Gasteiger partial charge in [-0.2, -0.15) is 5.10 Å². The Morgan fingerprint density at radius 1 is 1.10 bits per heavy atom. The lowest BCUT2D eigenvalue weighted by Gasteiger charge is -2.15. The van der Waals surface area contributed by atoms with Crippen molar-refractivity contribution in [2.45, 2.75) is 20.0 Å². The molecule has 0 bridgehead atoms. The molecule has 30 heavy (non-hydrogen) atoms. The number of methoxy groups -OCH3 is 1. The summed E-state index contributed by atoms with van der Waals surface area (Å²) in [5.41, 5.74) is 3.24. The van der Waals surface area contributed by atoms with E-state index >= 15 is 0 Å². The maximum Gasteiger partial charge on any atom is 0.195 e. The summed E-state index contributed by atoms with van der Waals surface area (Å²) in [4.78, 5) is 4.30. The number of ether oxygens (including phenoxy) is 2. The molecule has 1 heterocycles. The van der Waals surface area contributed by atoms with Crippen LogP contribution in [0.15, 0.2) is 65.9 Å². The van der Waals surface area contributed by atoms with Gasteiger partial charge in [0.15, 0.2) is 17.5 Å². The van der Waals surface area contributed by atoms with Crippen LogP contribution in [0.5, 0.6) is 11.5 Å². The molecule has 0 radical (unpaired) electrons. The molecule has 1 aromatic heterocycles. The molecule has 2 aromatic carbocycles. The number of nitrogens with one attached hydrogen (secondary N) is 2. The molecular formula is C22H28IN5O2. The van der Waals surface area contributed by atoms with Gasteiger partial charge in [0.2, 0.25) is 0 Å². The largest absolute Gasteiger partial charge is 0.493 e. The van der Waals surface area contributed by atoms with Crippen LogP contribution >= 0.6 is 24.0 Å². The topological polar surface area (TPSA) is 72.7 Å². The van der Waals surface area contributed by atoms with Gasteiger partial charge in [-0.15, -0.1) is 24.0 Å². The summed E-state index contributed by atoms with van der Waals surface area (Å²) in [5.74, 6) is 2.07. The summed E-state index contributed by atoms with van der Waals surface area (Å²) in [6, 6.07) is 16.1. The third-order valence-corrected chi connectivity index (χ3v) is 4.30. The molecule has 0 aliphatic rings. The van der Waals surface area contributed by atoms with Gasteiger partial charge >= 0.3 is 0 Å². The fourth-order valence-electron chi connectivity index (χ4n) is 2.94. The van der Waals surface area contributed by atoms with Crippen LogP contribution in [0.3, 0.4) is 0 Å². The first-order valence-corrected chi connectivity index (χ1v) is 9.55. The van der Waals surface area contributed by atoms with E-state index in [1.54, 1.807) is 20.4 Å². The second-order valence-corrected chi connectivity index (χ2v) is 6.37. The SMILES string of the molecule is CCOc1ccc(NC(=NC)NCc2cccc(Cn3cccn3)c2)cc1OC.I. The van der Waals surface area contributed by atoms with E-state index in [1.165, 1.54) is 11.1 Å². The number of aliphatic imine (C=N–C) groups is 1. The van der Waals surface area contributed by atoms with Crippen LogP contribution < -0.4 is 20.1 Å². The van der Waals surface area contributed by atoms with Crippen molar-refractivity contribution in [3.63, 3.8) is 0 Å². The van der Waals surface area contributed by atoms with Crippen LogP contribution in [0, 0.1) is 0 Å². The zero-order valence-corrected chi connectivity index (χ0v) is 19.8. The first-order valence-electron chi connectivity index (χ1n) is 9.55. The van der Waals surface area contributed by atoms with E-state index in [9.17, 15) is 0 Å². The zero-order chi connectivity index (χ0) is 20.5. The Kier molecular flexibility index (Phi) is 9.46. The van der Waals surface area contributed by atoms with Crippen LogP contribution in [0.2, 0.25) is 0 Å². The van der Waals surface area contributed by atoms with Crippen molar-refractivity contribution >= 4 is 35.6 Å². The number of halogens is 1. The van der Waals surface area contributed by atoms with Crippen molar-refractivity contribution in [1.29, 1.82) is 0 Å². The number of hydrogen-bond donors (Lipinski definition) is 2. The Morgan fingerprint density at radius 3 is 2.63 bits per heavy atom. The molecule has 7 nitrogen and oxygen atoms in total. The van der Waals surface area contributed by atoms with E-state index in [1.807, 2.05) is 42.1 Å². The molecule has 0 fully saturated rings. The molecule has 8 heteroatoms. The maximum absolute atomic E-state index is 5.56. The predicted octanol–water partition coefficient (Wildman–Crippen LogP) is 4.14. The van der Waals surface area contributed by atoms with Crippen molar-refractivity contribution < 1.29 is 9.47 Å². The van der Waals surface area contributed by atoms with Crippen LogP contribution in [-0.4, -0.2) is 36.5 Å². The maximum atomic E-state index is 5.56. The van der Waals surface area contributed by atoms with Crippen LogP contribution in [-0.2, 0) is 13.1 Å². The summed E-state index contributed by atoms with van der Waals surface area (Å²) in [7, 11) is 3.38. The summed E-state index contributed by atoms with van der Waals surface area (Å²) >= 11 is 0. The second kappa shape index (κ2) is 12.1. The lowest BCUT2D eigenvalue weighted by Crippen LogP contribution is -2.30. The normalized spacial score (nSPS) is 10.8. The van der Waals surface area contributed by atoms with Crippen molar-refractivity contribution in [1.82, 2.24) is 15.1 Å². The van der Waals surface area contributed by atoms with Crippen LogP contribution in [0.4, 0.5) is 5.69 Å². The number of nitrogens with zero attached hydrogens (tertiary/aromatic N) is 3. The fourth-order valence-corrected chi connectivity index (χ4v) is 2.94. The minimum atomic E-state index is 0. The molecule has 0 saturated heterocycles. The van der Waals surface area contributed by atoms with Gasteiger partial charge in [0, 0.05) is 37.7 Å².